The highest BCUT2D eigenvalue weighted by atomic mass is 16.6. The van der Waals surface area contributed by atoms with Crippen molar-refractivity contribution in [2.24, 2.45) is 0 Å². The van der Waals surface area contributed by atoms with Crippen LogP contribution in [-0.4, -0.2) is 59.6 Å². The Bertz CT molecular complexity index is 224. The van der Waals surface area contributed by atoms with Crippen molar-refractivity contribution in [2.45, 2.75) is 69.9 Å². The van der Waals surface area contributed by atoms with E-state index in [1.54, 1.807) is 0 Å². The normalized spacial score (nSPS) is 28.7. The highest BCUT2D eigenvalue weighted by molar-refractivity contribution is 4.89. The minimum Gasteiger partial charge on any atom is -0.394 e. The third kappa shape index (κ3) is 5.75. The van der Waals surface area contributed by atoms with E-state index in [2.05, 4.69) is 6.92 Å². The fourth-order valence-corrected chi connectivity index (χ4v) is 2.36. The molecule has 5 heteroatoms. The largest absolute Gasteiger partial charge is 0.394 e. The monoisotopic (exact) mass is 276 g/mol. The first-order valence-corrected chi connectivity index (χ1v) is 7.40. The van der Waals surface area contributed by atoms with Crippen LogP contribution in [0.3, 0.4) is 0 Å². The van der Waals surface area contributed by atoms with Crippen LogP contribution in [0.5, 0.6) is 0 Å². The van der Waals surface area contributed by atoms with Gasteiger partial charge in [-0.1, -0.05) is 39.0 Å². The van der Waals surface area contributed by atoms with E-state index >= 15 is 0 Å². The second-order valence-corrected chi connectivity index (χ2v) is 5.22. The van der Waals surface area contributed by atoms with E-state index in [9.17, 15) is 10.2 Å². The summed E-state index contributed by atoms with van der Waals surface area (Å²) in [6.45, 7) is 2.53. The van der Waals surface area contributed by atoms with Gasteiger partial charge >= 0.3 is 0 Å². The summed E-state index contributed by atoms with van der Waals surface area (Å²) < 4.78 is 10.9. The number of ether oxygens (including phenoxy) is 2. The van der Waals surface area contributed by atoms with Crippen LogP contribution in [0.2, 0.25) is 0 Å². The van der Waals surface area contributed by atoms with Crippen LogP contribution in [0.4, 0.5) is 0 Å². The average Bonchev–Trinajstić information content (AvgIpc) is 2.78. The molecule has 0 bridgehead atoms. The van der Waals surface area contributed by atoms with Gasteiger partial charge in [0.05, 0.1) is 13.2 Å². The van der Waals surface area contributed by atoms with E-state index < -0.39 is 24.4 Å². The lowest BCUT2D eigenvalue weighted by Crippen LogP contribution is -2.42. The van der Waals surface area contributed by atoms with Gasteiger partial charge in [0.25, 0.3) is 0 Å². The Kier molecular flexibility index (Phi) is 8.57. The smallest absolute Gasteiger partial charge is 0.114 e. The predicted molar refractivity (Wildman–Crippen MR) is 72.0 cm³/mol. The van der Waals surface area contributed by atoms with E-state index in [1.807, 2.05) is 0 Å². The maximum absolute atomic E-state index is 9.73. The molecular weight excluding hydrogens is 248 g/mol. The molecule has 1 aliphatic heterocycles. The van der Waals surface area contributed by atoms with E-state index in [0.717, 1.165) is 12.8 Å². The van der Waals surface area contributed by atoms with E-state index in [0.29, 0.717) is 6.61 Å². The fraction of sp³-hybridized carbons (Fsp3) is 1.00. The van der Waals surface area contributed by atoms with E-state index in [-0.39, 0.29) is 13.2 Å². The summed E-state index contributed by atoms with van der Waals surface area (Å²) in [5, 5.41) is 28.2. The van der Waals surface area contributed by atoms with Gasteiger partial charge in [0.15, 0.2) is 0 Å². The number of unbranched alkanes of at least 4 members (excludes halogenated alkanes) is 5. The summed E-state index contributed by atoms with van der Waals surface area (Å²) in [6.07, 6.45) is 4.20. The van der Waals surface area contributed by atoms with Crippen molar-refractivity contribution >= 4 is 0 Å². The first-order valence-electron chi connectivity index (χ1n) is 7.40. The number of aliphatic hydroxyl groups is 3. The zero-order valence-corrected chi connectivity index (χ0v) is 11.8. The van der Waals surface area contributed by atoms with Crippen LogP contribution in [0, 0.1) is 0 Å². The first kappa shape index (κ1) is 16.9. The van der Waals surface area contributed by atoms with Gasteiger partial charge in [-0.15, -0.1) is 0 Å². The first-order chi connectivity index (χ1) is 9.20. The van der Waals surface area contributed by atoms with Crippen molar-refractivity contribution in [1.29, 1.82) is 0 Å². The molecule has 19 heavy (non-hydrogen) atoms. The molecule has 1 aliphatic rings. The molecule has 0 aliphatic carbocycles. The molecule has 0 amide bonds. The number of hydrogen-bond acceptors (Lipinski definition) is 5. The molecule has 0 aromatic carbocycles. The molecule has 0 aromatic heterocycles. The Hall–Kier alpha value is -0.200. The quantitative estimate of drug-likeness (QED) is 0.515. The molecule has 1 heterocycles. The van der Waals surface area contributed by atoms with Crippen molar-refractivity contribution < 1.29 is 24.8 Å². The summed E-state index contributed by atoms with van der Waals surface area (Å²) in [7, 11) is 0. The minimum absolute atomic E-state index is 0.156. The predicted octanol–water partition coefficient (Wildman–Crippen LogP) is 0.845. The maximum Gasteiger partial charge on any atom is 0.114 e. The van der Waals surface area contributed by atoms with Gasteiger partial charge in [-0.25, -0.2) is 0 Å². The highest BCUT2D eigenvalue weighted by Crippen LogP contribution is 2.21. The van der Waals surface area contributed by atoms with Gasteiger partial charge < -0.3 is 24.8 Å². The average molecular weight is 276 g/mol. The second kappa shape index (κ2) is 9.66. The lowest BCUT2D eigenvalue weighted by Gasteiger charge is -2.23. The van der Waals surface area contributed by atoms with Crippen LogP contribution < -0.4 is 0 Å². The van der Waals surface area contributed by atoms with Gasteiger partial charge in [-0.05, 0) is 6.42 Å². The Morgan fingerprint density at radius 2 is 1.89 bits per heavy atom. The van der Waals surface area contributed by atoms with Crippen LogP contribution >= 0.6 is 0 Å². The second-order valence-electron chi connectivity index (χ2n) is 5.22. The number of rotatable bonds is 10. The Labute approximate surface area is 115 Å². The van der Waals surface area contributed by atoms with Gasteiger partial charge in [-0.3, -0.25) is 0 Å². The molecule has 0 aromatic rings. The van der Waals surface area contributed by atoms with Gasteiger partial charge in [0, 0.05) is 6.61 Å². The van der Waals surface area contributed by atoms with Crippen LogP contribution in [0.1, 0.15) is 45.4 Å². The van der Waals surface area contributed by atoms with Crippen molar-refractivity contribution in [3.8, 4) is 0 Å². The van der Waals surface area contributed by atoms with Crippen molar-refractivity contribution in [1.82, 2.24) is 0 Å². The van der Waals surface area contributed by atoms with Gasteiger partial charge in [0.1, 0.15) is 24.4 Å². The Morgan fingerprint density at radius 1 is 1.21 bits per heavy atom. The fourth-order valence-electron chi connectivity index (χ4n) is 2.36. The summed E-state index contributed by atoms with van der Waals surface area (Å²) in [4.78, 5) is 0. The molecule has 0 saturated carbocycles. The SMILES string of the molecule is CCCCCCCCO[C@@H]1[C@H]([C@@H](O)CO)OC[C@H]1O. The molecule has 1 fully saturated rings. The molecule has 0 spiro atoms. The summed E-state index contributed by atoms with van der Waals surface area (Å²) in [5.41, 5.74) is 0. The summed E-state index contributed by atoms with van der Waals surface area (Å²) >= 11 is 0. The number of aliphatic hydroxyl groups excluding tert-OH is 3. The molecule has 3 N–H and O–H groups in total. The molecule has 1 rings (SSSR count). The van der Waals surface area contributed by atoms with Crippen LogP contribution in [-0.2, 0) is 9.47 Å². The summed E-state index contributed by atoms with van der Waals surface area (Å²) in [5.74, 6) is 0. The third-order valence-corrected chi connectivity index (χ3v) is 3.54. The van der Waals surface area contributed by atoms with Crippen molar-refractivity contribution in [3.63, 3.8) is 0 Å². The van der Waals surface area contributed by atoms with Crippen LogP contribution in [0.15, 0.2) is 0 Å². The molecular formula is C14H28O5. The van der Waals surface area contributed by atoms with Gasteiger partial charge in [-0.2, -0.15) is 0 Å². The Balaban J connectivity index is 2.15. The highest BCUT2D eigenvalue weighted by Gasteiger charge is 2.40. The minimum atomic E-state index is -0.994. The maximum atomic E-state index is 9.73. The summed E-state index contributed by atoms with van der Waals surface area (Å²) in [6, 6.07) is 0. The molecule has 0 unspecified atom stereocenters. The van der Waals surface area contributed by atoms with Crippen molar-refractivity contribution in [2.75, 3.05) is 19.8 Å². The standard InChI is InChI=1S/C14H28O5/c1-2-3-4-5-6-7-8-18-14-12(17)10-19-13(14)11(16)9-15/h11-17H,2-10H2,1H3/t11-,12+,13-,14-/m0/s1. The lowest BCUT2D eigenvalue weighted by atomic mass is 10.1. The van der Waals surface area contributed by atoms with Crippen LogP contribution in [0.25, 0.3) is 0 Å². The zero-order chi connectivity index (χ0) is 14.1. The molecule has 0 radical (unpaired) electrons. The lowest BCUT2D eigenvalue weighted by molar-refractivity contribution is -0.0938. The number of hydrogen-bond donors (Lipinski definition) is 3. The molecule has 5 nitrogen and oxygen atoms in total. The molecule has 4 atom stereocenters. The zero-order valence-electron chi connectivity index (χ0n) is 11.8. The molecule has 114 valence electrons. The van der Waals surface area contributed by atoms with Gasteiger partial charge in [0.2, 0.25) is 0 Å². The van der Waals surface area contributed by atoms with Crippen molar-refractivity contribution in [3.05, 3.63) is 0 Å². The molecule has 1 saturated heterocycles. The third-order valence-electron chi connectivity index (χ3n) is 3.54. The topological polar surface area (TPSA) is 79.2 Å². The van der Waals surface area contributed by atoms with E-state index in [4.69, 9.17) is 14.6 Å². The Morgan fingerprint density at radius 3 is 2.58 bits per heavy atom. The van der Waals surface area contributed by atoms with E-state index in [1.165, 1.54) is 25.7 Å².